The number of carbonyl (C=O) groups is 1. The Hall–Kier alpha value is -1.23. The minimum Gasteiger partial charge on any atom is -0.399 e. The lowest BCUT2D eigenvalue weighted by molar-refractivity contribution is 0.0951. The van der Waals surface area contributed by atoms with Crippen molar-refractivity contribution in [1.29, 1.82) is 0 Å². The molecule has 0 saturated heterocycles. The highest BCUT2D eigenvalue weighted by atomic mass is 35.5. The molecule has 1 aromatic heterocycles. The van der Waals surface area contributed by atoms with E-state index in [9.17, 15) is 4.79 Å². The monoisotopic (exact) mass is 300 g/mol. The van der Waals surface area contributed by atoms with Crippen LogP contribution in [0.25, 0.3) is 0 Å². The van der Waals surface area contributed by atoms with Crippen molar-refractivity contribution in [1.82, 2.24) is 5.32 Å². The minimum absolute atomic E-state index is 0.216. The van der Waals surface area contributed by atoms with E-state index < -0.39 is 0 Å². The summed E-state index contributed by atoms with van der Waals surface area (Å²) in [6.07, 6.45) is 0. The van der Waals surface area contributed by atoms with Crippen LogP contribution in [0.2, 0.25) is 10.0 Å². The molecule has 0 spiro atoms. The molecule has 0 saturated carbocycles. The van der Waals surface area contributed by atoms with Gasteiger partial charge in [-0.25, -0.2) is 0 Å². The Morgan fingerprint density at radius 1 is 1.39 bits per heavy atom. The molecule has 0 aliphatic heterocycles. The Balaban J connectivity index is 2.14. The number of anilines is 1. The number of thiophene rings is 1. The lowest BCUT2D eigenvalue weighted by Crippen LogP contribution is -2.23. The van der Waals surface area contributed by atoms with E-state index in [0.29, 0.717) is 12.2 Å². The van der Waals surface area contributed by atoms with E-state index in [2.05, 4.69) is 5.32 Å². The van der Waals surface area contributed by atoms with Crippen LogP contribution in [0.15, 0.2) is 29.0 Å². The molecular weight excluding hydrogens is 291 g/mol. The van der Waals surface area contributed by atoms with Crippen LogP contribution in [-0.4, -0.2) is 5.91 Å². The van der Waals surface area contributed by atoms with Crippen LogP contribution >= 0.6 is 34.5 Å². The lowest BCUT2D eigenvalue weighted by atomic mass is 10.2. The van der Waals surface area contributed by atoms with Crippen molar-refractivity contribution in [3.63, 3.8) is 0 Å². The highest BCUT2D eigenvalue weighted by Crippen LogP contribution is 2.28. The van der Waals surface area contributed by atoms with Crippen molar-refractivity contribution in [3.8, 4) is 0 Å². The van der Waals surface area contributed by atoms with Gasteiger partial charge in [0.2, 0.25) is 0 Å². The molecular formula is C12H10Cl2N2OS. The Morgan fingerprint density at radius 3 is 2.83 bits per heavy atom. The zero-order valence-corrected chi connectivity index (χ0v) is 11.6. The number of rotatable bonds is 3. The summed E-state index contributed by atoms with van der Waals surface area (Å²) in [5, 5.41) is 7.17. The fraction of sp³-hybridized carbons (Fsp3) is 0.0833. The molecule has 94 valence electrons. The van der Waals surface area contributed by atoms with Gasteiger partial charge in [-0.15, -0.1) is 0 Å². The molecule has 2 rings (SSSR count). The van der Waals surface area contributed by atoms with Gasteiger partial charge >= 0.3 is 0 Å². The highest BCUT2D eigenvalue weighted by Gasteiger charge is 2.13. The molecule has 0 aliphatic rings. The van der Waals surface area contributed by atoms with Gasteiger partial charge in [-0.1, -0.05) is 23.2 Å². The van der Waals surface area contributed by atoms with E-state index in [0.717, 1.165) is 5.56 Å². The minimum atomic E-state index is -0.291. The summed E-state index contributed by atoms with van der Waals surface area (Å²) in [5.74, 6) is -0.291. The summed E-state index contributed by atoms with van der Waals surface area (Å²) in [6, 6.07) is 4.97. The second-order valence-corrected chi connectivity index (χ2v) is 5.24. The van der Waals surface area contributed by atoms with Gasteiger partial charge in [0, 0.05) is 12.2 Å². The van der Waals surface area contributed by atoms with E-state index in [1.807, 2.05) is 16.8 Å². The zero-order valence-electron chi connectivity index (χ0n) is 9.24. The summed E-state index contributed by atoms with van der Waals surface area (Å²) < 4.78 is 0. The van der Waals surface area contributed by atoms with Gasteiger partial charge in [0.25, 0.3) is 5.91 Å². The van der Waals surface area contributed by atoms with Crippen LogP contribution in [0.1, 0.15) is 15.9 Å². The number of benzene rings is 1. The number of carbonyl (C=O) groups excluding carboxylic acids is 1. The summed E-state index contributed by atoms with van der Waals surface area (Å²) in [7, 11) is 0. The number of hydrogen-bond acceptors (Lipinski definition) is 3. The highest BCUT2D eigenvalue weighted by molar-refractivity contribution is 7.07. The molecule has 0 unspecified atom stereocenters. The molecule has 1 heterocycles. The molecule has 3 N–H and O–H groups in total. The first kappa shape index (κ1) is 13.2. The van der Waals surface area contributed by atoms with Crippen LogP contribution in [0.4, 0.5) is 5.69 Å². The standard InChI is InChI=1S/C12H10Cl2N2OS/c13-10-4-8(15)3-9(11(10)14)12(17)16-5-7-1-2-18-6-7/h1-4,6H,5,15H2,(H,16,17). The molecule has 1 aromatic carbocycles. The largest absolute Gasteiger partial charge is 0.399 e. The third-order valence-electron chi connectivity index (χ3n) is 2.33. The van der Waals surface area contributed by atoms with Crippen molar-refractivity contribution < 1.29 is 4.79 Å². The lowest BCUT2D eigenvalue weighted by Gasteiger charge is -2.08. The van der Waals surface area contributed by atoms with Crippen molar-refractivity contribution in [2.45, 2.75) is 6.54 Å². The molecule has 1 amide bonds. The molecule has 0 aliphatic carbocycles. The second-order valence-electron chi connectivity index (χ2n) is 3.68. The third-order valence-corrected chi connectivity index (χ3v) is 3.86. The molecule has 0 atom stereocenters. The number of nitrogens with one attached hydrogen (secondary N) is 1. The maximum absolute atomic E-state index is 12.0. The smallest absolute Gasteiger partial charge is 0.253 e. The molecule has 18 heavy (non-hydrogen) atoms. The van der Waals surface area contributed by atoms with Crippen LogP contribution in [0, 0.1) is 0 Å². The van der Waals surface area contributed by atoms with Gasteiger partial charge in [0.05, 0.1) is 15.6 Å². The van der Waals surface area contributed by atoms with E-state index in [1.165, 1.54) is 12.1 Å². The number of hydrogen-bond donors (Lipinski definition) is 2. The fourth-order valence-electron chi connectivity index (χ4n) is 1.45. The van der Waals surface area contributed by atoms with Gasteiger partial charge in [0.15, 0.2) is 0 Å². The van der Waals surface area contributed by atoms with Gasteiger partial charge in [0.1, 0.15) is 0 Å². The zero-order chi connectivity index (χ0) is 13.1. The molecule has 3 nitrogen and oxygen atoms in total. The number of nitrogens with two attached hydrogens (primary N) is 1. The summed E-state index contributed by atoms with van der Waals surface area (Å²) >= 11 is 13.4. The average Bonchev–Trinajstić information content (AvgIpc) is 2.83. The van der Waals surface area contributed by atoms with Gasteiger partial charge in [-0.2, -0.15) is 11.3 Å². The average molecular weight is 301 g/mol. The molecule has 6 heteroatoms. The van der Waals surface area contributed by atoms with E-state index in [-0.39, 0.29) is 21.5 Å². The van der Waals surface area contributed by atoms with Crippen molar-refractivity contribution in [2.75, 3.05) is 5.73 Å². The Labute approximate surface area is 119 Å². The SMILES string of the molecule is Nc1cc(Cl)c(Cl)c(C(=O)NCc2ccsc2)c1. The first-order valence-corrected chi connectivity index (χ1v) is 6.81. The summed E-state index contributed by atoms with van der Waals surface area (Å²) in [5.41, 5.74) is 7.37. The van der Waals surface area contributed by atoms with Crippen molar-refractivity contribution >= 4 is 46.1 Å². The van der Waals surface area contributed by atoms with Gasteiger partial charge in [-0.3, -0.25) is 4.79 Å². The Morgan fingerprint density at radius 2 is 2.17 bits per heavy atom. The van der Waals surface area contributed by atoms with E-state index >= 15 is 0 Å². The number of halogens is 2. The molecule has 0 fully saturated rings. The number of amides is 1. The molecule has 0 bridgehead atoms. The van der Waals surface area contributed by atoms with Gasteiger partial charge in [-0.05, 0) is 34.5 Å². The molecule has 2 aromatic rings. The molecule has 0 radical (unpaired) electrons. The normalized spacial score (nSPS) is 10.3. The van der Waals surface area contributed by atoms with Crippen LogP contribution in [0.3, 0.4) is 0 Å². The van der Waals surface area contributed by atoms with Crippen molar-refractivity contribution in [3.05, 3.63) is 50.1 Å². The van der Waals surface area contributed by atoms with Crippen LogP contribution in [0.5, 0.6) is 0 Å². The quantitative estimate of drug-likeness (QED) is 0.852. The summed E-state index contributed by atoms with van der Waals surface area (Å²) in [4.78, 5) is 12.0. The second kappa shape index (κ2) is 5.61. The maximum atomic E-state index is 12.0. The van der Waals surface area contributed by atoms with E-state index in [4.69, 9.17) is 28.9 Å². The fourth-order valence-corrected chi connectivity index (χ4v) is 2.54. The van der Waals surface area contributed by atoms with Crippen LogP contribution < -0.4 is 11.1 Å². The van der Waals surface area contributed by atoms with Gasteiger partial charge < -0.3 is 11.1 Å². The summed E-state index contributed by atoms with van der Waals surface area (Å²) in [6.45, 7) is 0.449. The van der Waals surface area contributed by atoms with Crippen LogP contribution in [-0.2, 0) is 6.54 Å². The predicted molar refractivity (Wildman–Crippen MR) is 76.4 cm³/mol. The number of nitrogen functional groups attached to an aromatic ring is 1. The van der Waals surface area contributed by atoms with E-state index in [1.54, 1.807) is 11.3 Å². The Kier molecular flexibility index (Phi) is 4.11. The van der Waals surface area contributed by atoms with Crippen molar-refractivity contribution in [2.24, 2.45) is 0 Å². The Bertz CT molecular complexity index is 570. The third kappa shape index (κ3) is 2.96. The topological polar surface area (TPSA) is 55.1 Å². The first-order valence-electron chi connectivity index (χ1n) is 5.11. The maximum Gasteiger partial charge on any atom is 0.253 e. The first-order chi connectivity index (χ1) is 8.58. The predicted octanol–water partition coefficient (Wildman–Crippen LogP) is 3.57.